The van der Waals surface area contributed by atoms with E-state index in [4.69, 9.17) is 10.00 Å². The molecule has 0 unspecified atom stereocenters. The van der Waals surface area contributed by atoms with Crippen molar-refractivity contribution in [2.24, 2.45) is 0 Å². The fraction of sp³-hybridized carbons (Fsp3) is 0.200. The van der Waals surface area contributed by atoms with E-state index in [-0.39, 0.29) is 22.6 Å². The van der Waals surface area contributed by atoms with E-state index in [0.717, 1.165) is 6.07 Å². The Hall–Kier alpha value is -2.07. The van der Waals surface area contributed by atoms with Crippen LogP contribution in [0.25, 0.3) is 0 Å². The lowest BCUT2D eigenvalue weighted by molar-refractivity contribution is -0.388. The van der Waals surface area contributed by atoms with Crippen LogP contribution in [-0.4, -0.2) is 17.5 Å². The molecule has 17 heavy (non-hydrogen) atoms. The summed E-state index contributed by atoms with van der Waals surface area (Å²) in [5.41, 5.74) is -0.562. The highest BCUT2D eigenvalue weighted by Gasteiger charge is 2.21. The van der Waals surface area contributed by atoms with Gasteiger partial charge in [-0.3, -0.25) is 10.1 Å². The summed E-state index contributed by atoms with van der Waals surface area (Å²) in [6, 6.07) is 3.99. The molecular formula is C10H8N2O4S. The zero-order chi connectivity index (χ0) is 13.0. The second-order valence-electron chi connectivity index (χ2n) is 2.98. The van der Waals surface area contributed by atoms with Gasteiger partial charge in [0.1, 0.15) is 11.6 Å². The normalized spacial score (nSPS) is 9.47. The minimum absolute atomic E-state index is 0.0443. The first-order valence-corrected chi connectivity index (χ1v) is 5.04. The van der Waals surface area contributed by atoms with Gasteiger partial charge in [-0.15, -0.1) is 12.6 Å². The zero-order valence-electron chi connectivity index (χ0n) is 8.84. The fourth-order valence-electron chi connectivity index (χ4n) is 1.23. The monoisotopic (exact) mass is 252 g/mol. The van der Waals surface area contributed by atoms with Gasteiger partial charge in [0.25, 0.3) is 5.69 Å². The van der Waals surface area contributed by atoms with Crippen molar-refractivity contribution in [1.82, 2.24) is 0 Å². The third-order valence-corrected chi connectivity index (χ3v) is 2.24. The Labute approximate surface area is 102 Å². The number of thiol groups is 1. The van der Waals surface area contributed by atoms with E-state index in [1.54, 1.807) is 13.0 Å². The van der Waals surface area contributed by atoms with Crippen LogP contribution in [0.3, 0.4) is 0 Å². The van der Waals surface area contributed by atoms with E-state index >= 15 is 0 Å². The van der Waals surface area contributed by atoms with Crippen LogP contribution in [0.2, 0.25) is 0 Å². The number of esters is 1. The van der Waals surface area contributed by atoms with Crippen molar-refractivity contribution in [3.8, 4) is 6.07 Å². The summed E-state index contributed by atoms with van der Waals surface area (Å²) < 4.78 is 4.73. The molecule has 88 valence electrons. The van der Waals surface area contributed by atoms with E-state index in [2.05, 4.69) is 12.6 Å². The zero-order valence-corrected chi connectivity index (χ0v) is 9.73. The molecule has 0 fully saturated rings. The molecule has 0 heterocycles. The van der Waals surface area contributed by atoms with Crippen LogP contribution >= 0.6 is 12.6 Å². The lowest BCUT2D eigenvalue weighted by atomic mass is 10.1. The molecule has 1 rings (SSSR count). The molecule has 0 N–H and O–H groups in total. The number of ether oxygens (including phenoxy) is 1. The fourth-order valence-corrected chi connectivity index (χ4v) is 1.57. The molecule has 6 nitrogen and oxygen atoms in total. The lowest BCUT2D eigenvalue weighted by Gasteiger charge is -2.04. The summed E-state index contributed by atoms with van der Waals surface area (Å²) in [6.07, 6.45) is 0. The van der Waals surface area contributed by atoms with Crippen molar-refractivity contribution in [2.75, 3.05) is 6.61 Å². The van der Waals surface area contributed by atoms with Crippen LogP contribution < -0.4 is 0 Å². The minimum atomic E-state index is -0.712. The number of nitrogens with zero attached hydrogens (tertiary/aromatic N) is 2. The largest absolute Gasteiger partial charge is 0.462 e. The number of nitriles is 1. The molecule has 7 heteroatoms. The second kappa shape index (κ2) is 5.32. The van der Waals surface area contributed by atoms with Gasteiger partial charge in [0.15, 0.2) is 0 Å². The molecule has 0 spiro atoms. The van der Waals surface area contributed by atoms with E-state index in [0.29, 0.717) is 0 Å². The maximum absolute atomic E-state index is 11.4. The van der Waals surface area contributed by atoms with Crippen LogP contribution in [0.5, 0.6) is 0 Å². The third kappa shape index (κ3) is 2.73. The van der Waals surface area contributed by atoms with Crippen molar-refractivity contribution >= 4 is 24.3 Å². The predicted molar refractivity (Wildman–Crippen MR) is 61.0 cm³/mol. The number of benzene rings is 1. The van der Waals surface area contributed by atoms with Gasteiger partial charge in [-0.1, -0.05) is 0 Å². The first kappa shape index (κ1) is 13.0. The van der Waals surface area contributed by atoms with Gasteiger partial charge in [0, 0.05) is 0 Å². The smallest absolute Gasteiger partial charge is 0.338 e. The number of hydrogen-bond donors (Lipinski definition) is 1. The number of rotatable bonds is 3. The van der Waals surface area contributed by atoms with Crippen molar-refractivity contribution in [2.45, 2.75) is 11.8 Å². The second-order valence-corrected chi connectivity index (χ2v) is 3.46. The Bertz CT molecular complexity index is 522. The number of hydrogen-bond acceptors (Lipinski definition) is 6. The average Bonchev–Trinajstić information content (AvgIpc) is 2.27. The van der Waals surface area contributed by atoms with Gasteiger partial charge >= 0.3 is 5.97 Å². The summed E-state index contributed by atoms with van der Waals surface area (Å²) in [7, 11) is 0. The molecule has 0 bridgehead atoms. The summed E-state index contributed by atoms with van der Waals surface area (Å²) in [5, 5.41) is 19.5. The molecule has 1 aromatic rings. The quantitative estimate of drug-likeness (QED) is 0.384. The van der Waals surface area contributed by atoms with Crippen molar-refractivity contribution in [3.63, 3.8) is 0 Å². The average molecular weight is 252 g/mol. The van der Waals surface area contributed by atoms with Gasteiger partial charge < -0.3 is 4.74 Å². The highest BCUT2D eigenvalue weighted by molar-refractivity contribution is 7.80. The predicted octanol–water partition coefficient (Wildman–Crippen LogP) is 1.93. The molecule has 0 saturated heterocycles. The van der Waals surface area contributed by atoms with Gasteiger partial charge in [-0.05, 0) is 19.1 Å². The molecular weight excluding hydrogens is 244 g/mol. The summed E-state index contributed by atoms with van der Waals surface area (Å²) in [4.78, 5) is 21.4. The summed E-state index contributed by atoms with van der Waals surface area (Å²) >= 11 is 3.89. The standard InChI is InChI=1S/C10H8N2O4S/c1-2-16-10(13)6-3-7(5-11)9(12(14)15)8(17)4-6/h3-4,17H,2H2,1H3. The van der Waals surface area contributed by atoms with Crippen LogP contribution in [0.1, 0.15) is 22.8 Å². The lowest BCUT2D eigenvalue weighted by Crippen LogP contribution is -2.06. The van der Waals surface area contributed by atoms with Crippen molar-refractivity contribution in [3.05, 3.63) is 33.4 Å². The van der Waals surface area contributed by atoms with Gasteiger partial charge in [-0.2, -0.15) is 5.26 Å². The van der Waals surface area contributed by atoms with Crippen LogP contribution in [-0.2, 0) is 4.74 Å². The maximum atomic E-state index is 11.4. The van der Waals surface area contributed by atoms with E-state index in [1.165, 1.54) is 6.07 Å². The van der Waals surface area contributed by atoms with E-state index in [9.17, 15) is 14.9 Å². The van der Waals surface area contributed by atoms with Crippen molar-refractivity contribution < 1.29 is 14.5 Å². The number of carbonyl (C=O) groups is 1. The van der Waals surface area contributed by atoms with Crippen LogP contribution in [0.15, 0.2) is 17.0 Å². The summed E-state index contributed by atoms with van der Waals surface area (Å²) in [5.74, 6) is -0.644. The molecule has 1 aromatic carbocycles. The molecule has 0 radical (unpaired) electrons. The topological polar surface area (TPSA) is 93.2 Å². The van der Waals surface area contributed by atoms with Gasteiger partial charge in [-0.25, -0.2) is 4.79 Å². The highest BCUT2D eigenvalue weighted by atomic mass is 32.1. The molecule has 0 saturated carbocycles. The first-order valence-electron chi connectivity index (χ1n) is 4.59. The third-order valence-electron chi connectivity index (χ3n) is 1.90. The maximum Gasteiger partial charge on any atom is 0.338 e. The molecule has 0 atom stereocenters. The Balaban J connectivity index is 3.33. The number of carbonyl (C=O) groups excluding carboxylic acids is 1. The Kier molecular flexibility index (Phi) is 4.06. The Morgan fingerprint density at radius 2 is 2.29 bits per heavy atom. The Morgan fingerprint density at radius 1 is 1.65 bits per heavy atom. The van der Waals surface area contributed by atoms with Gasteiger partial charge in [0.2, 0.25) is 0 Å². The van der Waals surface area contributed by atoms with Crippen molar-refractivity contribution in [1.29, 1.82) is 5.26 Å². The van der Waals surface area contributed by atoms with Gasteiger partial charge in [0.05, 0.1) is 22.0 Å². The molecule has 0 aromatic heterocycles. The first-order chi connectivity index (χ1) is 8.01. The number of nitro benzene ring substituents is 1. The Morgan fingerprint density at radius 3 is 2.76 bits per heavy atom. The molecule has 0 aliphatic rings. The highest BCUT2D eigenvalue weighted by Crippen LogP contribution is 2.28. The van der Waals surface area contributed by atoms with Crippen LogP contribution in [0, 0.1) is 21.4 Å². The molecule has 0 aliphatic carbocycles. The minimum Gasteiger partial charge on any atom is -0.462 e. The molecule has 0 amide bonds. The van der Waals surface area contributed by atoms with Crippen LogP contribution in [0.4, 0.5) is 5.69 Å². The number of nitro groups is 1. The molecule has 0 aliphatic heterocycles. The van der Waals surface area contributed by atoms with E-state index in [1.807, 2.05) is 0 Å². The summed E-state index contributed by atoms with van der Waals surface area (Å²) in [6.45, 7) is 1.82. The van der Waals surface area contributed by atoms with E-state index < -0.39 is 16.6 Å². The SMILES string of the molecule is CCOC(=O)c1cc(S)c([N+](=O)[O-])c(C#N)c1.